The monoisotopic (exact) mass is 358 g/mol. The fraction of sp³-hybridized carbons (Fsp3) is 0.176. The molecule has 0 aliphatic rings. The fourth-order valence-corrected chi connectivity index (χ4v) is 2.28. The van der Waals surface area contributed by atoms with Gasteiger partial charge in [-0.3, -0.25) is 14.9 Å². The average molecular weight is 359 g/mol. The Morgan fingerprint density at radius 3 is 2.60 bits per heavy atom. The van der Waals surface area contributed by atoms with E-state index in [2.05, 4.69) is 10.6 Å². The molecule has 25 heavy (non-hydrogen) atoms. The minimum atomic E-state index is -0.595. The van der Waals surface area contributed by atoms with Gasteiger partial charge in [-0.2, -0.15) is 5.26 Å². The first-order valence-electron chi connectivity index (χ1n) is 7.38. The number of nitrogens with one attached hydrogen (secondary N) is 2. The summed E-state index contributed by atoms with van der Waals surface area (Å²) in [6, 6.07) is 12.7. The van der Waals surface area contributed by atoms with E-state index in [4.69, 9.17) is 16.9 Å². The van der Waals surface area contributed by atoms with Crippen molar-refractivity contribution >= 4 is 28.9 Å². The summed E-state index contributed by atoms with van der Waals surface area (Å²) in [6.07, 6.45) is 0. The fourth-order valence-electron chi connectivity index (χ4n) is 2.16. The zero-order valence-corrected chi connectivity index (χ0v) is 14.1. The molecule has 0 aromatic heterocycles. The third-order valence-electron chi connectivity index (χ3n) is 3.55. The molecule has 1 amide bonds. The molecule has 0 aliphatic carbocycles. The molecule has 0 spiro atoms. The summed E-state index contributed by atoms with van der Waals surface area (Å²) in [5.41, 5.74) is 1.04. The number of amides is 1. The molecule has 0 saturated carbocycles. The SMILES string of the molecule is C[C@H](NCC(=O)Nc1ccc([N+](=O)[O-])cc1C#N)c1ccc(Cl)cc1. The molecule has 0 unspecified atom stereocenters. The number of hydrogen-bond acceptors (Lipinski definition) is 5. The Morgan fingerprint density at radius 1 is 1.32 bits per heavy atom. The van der Waals surface area contributed by atoms with Crippen LogP contribution in [-0.2, 0) is 4.79 Å². The van der Waals surface area contributed by atoms with Gasteiger partial charge in [0.05, 0.1) is 22.7 Å². The number of anilines is 1. The number of nitrogens with zero attached hydrogens (tertiary/aromatic N) is 2. The highest BCUT2D eigenvalue weighted by atomic mass is 35.5. The number of nitriles is 1. The standard InChI is InChI=1S/C17H15ClN4O3/c1-11(12-2-4-14(18)5-3-12)20-10-17(23)21-16-7-6-15(22(24)25)8-13(16)9-19/h2-8,11,20H,10H2,1H3,(H,21,23)/t11-/m0/s1. The molecule has 0 aliphatic heterocycles. The number of carbonyl (C=O) groups is 1. The number of non-ortho nitro benzene ring substituents is 1. The van der Waals surface area contributed by atoms with Gasteiger partial charge in [-0.25, -0.2) is 0 Å². The Balaban J connectivity index is 1.97. The van der Waals surface area contributed by atoms with E-state index in [1.54, 1.807) is 12.1 Å². The van der Waals surface area contributed by atoms with E-state index >= 15 is 0 Å². The second-order valence-electron chi connectivity index (χ2n) is 5.30. The van der Waals surface area contributed by atoms with E-state index in [9.17, 15) is 14.9 Å². The third-order valence-corrected chi connectivity index (χ3v) is 3.80. The largest absolute Gasteiger partial charge is 0.324 e. The van der Waals surface area contributed by atoms with Crippen molar-refractivity contribution in [3.8, 4) is 6.07 Å². The van der Waals surface area contributed by atoms with Gasteiger partial charge in [0.25, 0.3) is 5.69 Å². The number of benzene rings is 2. The lowest BCUT2D eigenvalue weighted by molar-refractivity contribution is -0.384. The van der Waals surface area contributed by atoms with Crippen LogP contribution in [0.1, 0.15) is 24.1 Å². The second-order valence-corrected chi connectivity index (χ2v) is 5.74. The first kappa shape index (κ1) is 18.4. The Labute approximate surface area is 149 Å². The van der Waals surface area contributed by atoms with Crippen molar-refractivity contribution < 1.29 is 9.72 Å². The van der Waals surface area contributed by atoms with E-state index < -0.39 is 4.92 Å². The van der Waals surface area contributed by atoms with E-state index in [0.717, 1.165) is 11.6 Å². The zero-order chi connectivity index (χ0) is 18.4. The van der Waals surface area contributed by atoms with Gasteiger partial charge in [0.15, 0.2) is 0 Å². The maximum absolute atomic E-state index is 12.1. The van der Waals surface area contributed by atoms with Crippen molar-refractivity contribution in [3.63, 3.8) is 0 Å². The van der Waals surface area contributed by atoms with Crippen LogP contribution >= 0.6 is 11.6 Å². The highest BCUT2D eigenvalue weighted by Gasteiger charge is 2.13. The van der Waals surface area contributed by atoms with Crippen LogP contribution in [0.2, 0.25) is 5.02 Å². The molecule has 128 valence electrons. The number of carbonyl (C=O) groups excluding carboxylic acids is 1. The predicted molar refractivity (Wildman–Crippen MR) is 94.3 cm³/mol. The summed E-state index contributed by atoms with van der Waals surface area (Å²) in [4.78, 5) is 22.2. The smallest absolute Gasteiger partial charge is 0.270 e. The maximum atomic E-state index is 12.1. The van der Waals surface area contributed by atoms with Gasteiger partial charge in [0, 0.05) is 23.2 Å². The van der Waals surface area contributed by atoms with Gasteiger partial charge >= 0.3 is 0 Å². The molecule has 0 bridgehead atoms. The molecule has 0 heterocycles. The quantitative estimate of drug-likeness (QED) is 0.607. The lowest BCUT2D eigenvalue weighted by Gasteiger charge is -2.14. The van der Waals surface area contributed by atoms with Gasteiger partial charge < -0.3 is 10.6 Å². The highest BCUT2D eigenvalue weighted by molar-refractivity contribution is 6.30. The number of rotatable bonds is 6. The topological polar surface area (TPSA) is 108 Å². The molecule has 0 saturated heterocycles. The first-order valence-corrected chi connectivity index (χ1v) is 7.75. The normalized spacial score (nSPS) is 11.4. The Morgan fingerprint density at radius 2 is 2.00 bits per heavy atom. The summed E-state index contributed by atoms with van der Waals surface area (Å²) >= 11 is 5.84. The molecule has 8 heteroatoms. The molecular weight excluding hydrogens is 344 g/mol. The van der Waals surface area contributed by atoms with Crippen LogP contribution in [0.15, 0.2) is 42.5 Å². The minimum absolute atomic E-state index is 0.0195. The Bertz CT molecular complexity index is 831. The molecule has 0 radical (unpaired) electrons. The number of nitro benzene ring substituents is 1. The zero-order valence-electron chi connectivity index (χ0n) is 13.3. The van der Waals surface area contributed by atoms with Crippen LogP contribution in [0.3, 0.4) is 0 Å². The van der Waals surface area contributed by atoms with Crippen molar-refractivity contribution in [2.45, 2.75) is 13.0 Å². The van der Waals surface area contributed by atoms with E-state index in [1.165, 1.54) is 12.1 Å². The lowest BCUT2D eigenvalue weighted by Crippen LogP contribution is -2.30. The van der Waals surface area contributed by atoms with Crippen LogP contribution in [0.5, 0.6) is 0 Å². The second kappa shape index (κ2) is 8.24. The van der Waals surface area contributed by atoms with Gasteiger partial charge in [-0.05, 0) is 30.7 Å². The van der Waals surface area contributed by atoms with Crippen LogP contribution in [0.25, 0.3) is 0 Å². The van der Waals surface area contributed by atoms with Crippen molar-refractivity contribution in [2.75, 3.05) is 11.9 Å². The number of nitro groups is 1. The van der Waals surface area contributed by atoms with Crippen molar-refractivity contribution in [1.29, 1.82) is 5.26 Å². The summed E-state index contributed by atoms with van der Waals surface area (Å²) in [5, 5.41) is 26.1. The minimum Gasteiger partial charge on any atom is -0.324 e. The van der Waals surface area contributed by atoms with Gasteiger partial charge in [0.1, 0.15) is 6.07 Å². The van der Waals surface area contributed by atoms with E-state index in [0.29, 0.717) is 5.02 Å². The van der Waals surface area contributed by atoms with Crippen LogP contribution in [-0.4, -0.2) is 17.4 Å². The lowest BCUT2D eigenvalue weighted by atomic mass is 10.1. The molecule has 2 rings (SSSR count). The maximum Gasteiger partial charge on any atom is 0.270 e. The predicted octanol–water partition coefficient (Wildman–Crippen LogP) is 3.41. The van der Waals surface area contributed by atoms with Crippen LogP contribution in [0, 0.1) is 21.4 Å². The average Bonchev–Trinajstić information content (AvgIpc) is 2.60. The van der Waals surface area contributed by atoms with Crippen molar-refractivity contribution in [2.24, 2.45) is 0 Å². The van der Waals surface area contributed by atoms with Gasteiger partial charge in [0.2, 0.25) is 5.91 Å². The van der Waals surface area contributed by atoms with E-state index in [1.807, 2.05) is 25.1 Å². The highest BCUT2D eigenvalue weighted by Crippen LogP contribution is 2.21. The third kappa shape index (κ3) is 5.01. The van der Waals surface area contributed by atoms with Crippen LogP contribution in [0.4, 0.5) is 11.4 Å². The van der Waals surface area contributed by atoms with Gasteiger partial charge in [-0.15, -0.1) is 0 Å². The van der Waals surface area contributed by atoms with Crippen molar-refractivity contribution in [1.82, 2.24) is 5.32 Å². The van der Waals surface area contributed by atoms with Crippen LogP contribution < -0.4 is 10.6 Å². The van der Waals surface area contributed by atoms with E-state index in [-0.39, 0.29) is 35.4 Å². The number of halogens is 1. The molecule has 2 aromatic carbocycles. The molecular formula is C17H15ClN4O3. The molecule has 0 fully saturated rings. The molecule has 2 aromatic rings. The summed E-state index contributed by atoms with van der Waals surface area (Å²) in [6.45, 7) is 1.93. The molecule has 2 N–H and O–H groups in total. The first-order chi connectivity index (χ1) is 11.9. The Kier molecular flexibility index (Phi) is 6.06. The Hall–Kier alpha value is -2.95. The summed E-state index contributed by atoms with van der Waals surface area (Å²) < 4.78 is 0. The van der Waals surface area contributed by atoms with Gasteiger partial charge in [-0.1, -0.05) is 23.7 Å². The summed E-state index contributed by atoms with van der Waals surface area (Å²) in [7, 11) is 0. The molecule has 7 nitrogen and oxygen atoms in total. The summed E-state index contributed by atoms with van der Waals surface area (Å²) in [5.74, 6) is -0.355. The number of hydrogen-bond donors (Lipinski definition) is 2. The molecule has 1 atom stereocenters. The van der Waals surface area contributed by atoms with Crippen molar-refractivity contribution in [3.05, 3.63) is 68.7 Å².